The van der Waals surface area contributed by atoms with Gasteiger partial charge in [-0.05, 0) is 265 Å². The topological polar surface area (TPSA) is 311 Å². The summed E-state index contributed by atoms with van der Waals surface area (Å²) >= 11 is 14.1. The molecule has 0 radical (unpaired) electrons. The number of nitrogens with two attached hydrogens (primary N) is 3. The van der Waals surface area contributed by atoms with E-state index in [1.165, 1.54) is 129 Å². The molecule has 10 aromatic rings. The van der Waals surface area contributed by atoms with Crippen LogP contribution < -0.4 is 37.0 Å². The molecule has 632 valence electrons. The number of nitrogens with zero attached hydrogens (tertiary/aromatic N) is 4. The van der Waals surface area contributed by atoms with Crippen LogP contribution in [0.5, 0.6) is 0 Å². The van der Waals surface area contributed by atoms with Crippen molar-refractivity contribution < 1.29 is 77.9 Å². The van der Waals surface area contributed by atoms with Crippen molar-refractivity contribution in [1.82, 2.24) is 4.98 Å². The molecule has 5 heterocycles. The second-order valence-electron chi connectivity index (χ2n) is 25.4. The SMILES string of the molecule is C.CC#N.CCO.CO.COC(=O)C[n+]1c(N)sc2cc(C)ccc21.Cc1ccc(CCCO)c(SSc2cc(C)ccc2NCCO)c1.Cc1ccc(CCCOC2CCCCO2)c(SSc2cc(C)ccc2NCCOC2CCCCO2)c1.Cc1ccc2c(c1)sc(N)[n+]2CCO.Cc1ccc2nc(N)sc2c1.ClCCl.[3HH].[3HH].[3H][3H].[3H][3H].[3H][3H].[3H][3H]. The van der Waals surface area contributed by atoms with Gasteiger partial charge in [0.15, 0.2) is 24.3 Å². The summed E-state index contributed by atoms with van der Waals surface area (Å²) in [6.07, 6.45) is 10.4. The van der Waals surface area contributed by atoms with Crippen LogP contribution >= 0.6 is 100 Å². The lowest BCUT2D eigenvalue weighted by molar-refractivity contribution is -0.654. The van der Waals surface area contributed by atoms with Gasteiger partial charge in [0.05, 0.1) is 64.6 Å². The van der Waals surface area contributed by atoms with Crippen LogP contribution in [0.15, 0.2) is 147 Å². The lowest BCUT2D eigenvalue weighted by atomic mass is 10.1. The van der Waals surface area contributed by atoms with E-state index >= 15 is 0 Å². The number of carbonyl (C=O) groups is 1. The van der Waals surface area contributed by atoms with E-state index < -0.39 is 0 Å². The number of ether oxygens (including phenoxy) is 5. The second kappa shape index (κ2) is 58.6. The number of fused-ring (bicyclic) bond motifs is 3. The molecule has 3 aromatic heterocycles. The molecule has 113 heavy (non-hydrogen) atoms. The van der Waals surface area contributed by atoms with Crippen LogP contribution in [-0.4, -0.2) is 135 Å². The molecule has 2 fully saturated rings. The second-order valence-corrected chi connectivity index (χ2v) is 33.8. The molecule has 2 atom stereocenters. The van der Waals surface area contributed by atoms with E-state index in [-0.39, 0.29) is 67.1 Å². The van der Waals surface area contributed by atoms with E-state index in [9.17, 15) is 4.79 Å². The van der Waals surface area contributed by atoms with Gasteiger partial charge in [0.25, 0.3) is 0 Å². The molecule has 20 nitrogen and oxygen atoms in total. The molecule has 2 aliphatic heterocycles. The molecular formula is C84H131Cl2N9O11S7+2. The number of carbonyl (C=O) groups excluding carboxylic acids is 1. The van der Waals surface area contributed by atoms with Crippen LogP contribution in [0.1, 0.15) is 137 Å². The molecule has 0 aliphatic carbocycles. The quantitative estimate of drug-likeness (QED) is 0.00792. The van der Waals surface area contributed by atoms with Crippen LogP contribution in [0.3, 0.4) is 0 Å². The van der Waals surface area contributed by atoms with E-state index in [4.69, 9.17) is 102 Å². The highest BCUT2D eigenvalue weighted by molar-refractivity contribution is 8.77. The summed E-state index contributed by atoms with van der Waals surface area (Å²) < 4.78 is 75.0. The molecule has 7 aromatic carbocycles. The third kappa shape index (κ3) is 37.7. The monoisotopic (exact) mass is 1760 g/mol. The number of anilines is 5. The number of aliphatic hydroxyl groups excluding tert-OH is 5. The Kier molecular flexibility index (Phi) is 48.7. The first-order valence-electron chi connectivity index (χ1n) is 41.1. The fraction of sp³-hybridized carbons (Fsp3) is 0.440. The summed E-state index contributed by atoms with van der Waals surface area (Å²) in [6, 6.07) is 46.4. The number of aryl methyl sites for hydroxylation is 9. The minimum atomic E-state index is -0.294. The number of nitriles is 1. The molecule has 0 bridgehead atoms. The van der Waals surface area contributed by atoms with Gasteiger partial charge in [0.1, 0.15) is 17.6 Å². The maximum atomic E-state index is 11.2. The number of hydrogen-bond acceptors (Lipinski definition) is 25. The number of halogens is 2. The first-order valence-corrected chi connectivity index (χ1v) is 44.9. The lowest BCUT2D eigenvalue weighted by Gasteiger charge is -2.23. The van der Waals surface area contributed by atoms with E-state index in [0.717, 1.165) is 123 Å². The number of methoxy groups -OCH3 is 1. The molecule has 29 heteroatoms. The number of esters is 1. The summed E-state index contributed by atoms with van der Waals surface area (Å²) in [5.74, 6) is -0.294. The molecule has 0 spiro atoms. The number of aromatic nitrogens is 3. The van der Waals surface area contributed by atoms with Gasteiger partial charge in [-0.15, -0.1) is 23.2 Å². The maximum Gasteiger partial charge on any atom is 0.348 e. The van der Waals surface area contributed by atoms with Crippen LogP contribution in [0.25, 0.3) is 30.6 Å². The number of nitrogen functional groups attached to an aromatic ring is 3. The fourth-order valence-corrected chi connectivity index (χ4v) is 19.0. The van der Waals surface area contributed by atoms with Gasteiger partial charge in [-0.2, -0.15) is 5.26 Å². The minimum absolute atomic E-state index is 0. The predicted octanol–water partition coefficient (Wildman–Crippen LogP) is 20.1. The summed E-state index contributed by atoms with van der Waals surface area (Å²) in [5, 5.41) is 58.0. The smallest absolute Gasteiger partial charge is 0.348 e. The number of benzene rings is 7. The first-order chi connectivity index (χ1) is 58.1. The molecule has 12 rings (SSSR count). The Morgan fingerprint density at radius 2 is 1.00 bits per heavy atom. The molecular weight excluding hydrogens is 1610 g/mol. The van der Waals surface area contributed by atoms with E-state index in [1.54, 1.807) is 50.5 Å². The van der Waals surface area contributed by atoms with Crippen molar-refractivity contribution in [2.75, 3.05) is 113 Å². The van der Waals surface area contributed by atoms with Gasteiger partial charge in [0, 0.05) is 99.2 Å². The minimum Gasteiger partial charge on any atom is -0.466 e. The third-order valence-corrected chi connectivity index (χ3v) is 24.0. The van der Waals surface area contributed by atoms with Crippen LogP contribution in [0.2, 0.25) is 0 Å². The Morgan fingerprint density at radius 3 is 1.46 bits per heavy atom. The third-order valence-electron chi connectivity index (χ3n) is 16.3. The Bertz CT molecular complexity index is 4300. The highest BCUT2D eigenvalue weighted by atomic mass is 35.5. The zero-order valence-electron chi connectivity index (χ0n) is 74.4. The summed E-state index contributed by atoms with van der Waals surface area (Å²) in [5.41, 5.74) is 33.9. The lowest BCUT2D eigenvalue weighted by Crippen LogP contribution is -2.39. The number of nitrogens with one attached hydrogen (secondary N) is 2. The molecule has 0 amide bonds. The van der Waals surface area contributed by atoms with Crippen molar-refractivity contribution in [3.8, 4) is 6.07 Å². The van der Waals surface area contributed by atoms with Gasteiger partial charge in [-0.25, -0.2) is 18.9 Å². The summed E-state index contributed by atoms with van der Waals surface area (Å²) in [6.45, 7) is 23.6. The zero-order chi connectivity index (χ0) is 90.2. The number of aliphatic hydroxyl groups is 5. The number of rotatable bonds is 26. The molecule has 2 saturated heterocycles. The van der Waals surface area contributed by atoms with Crippen molar-refractivity contribution in [3.63, 3.8) is 0 Å². The largest absolute Gasteiger partial charge is 0.466 e. The van der Waals surface area contributed by atoms with Gasteiger partial charge in [0.2, 0.25) is 0 Å². The zero-order valence-corrected chi connectivity index (χ0v) is 73.6. The maximum absolute atomic E-state index is 11.2. The highest BCUT2D eigenvalue weighted by Crippen LogP contribution is 2.45. The Hall–Kier alpha value is -6.21. The van der Waals surface area contributed by atoms with Gasteiger partial charge in [-0.1, -0.05) is 117 Å². The Balaban J connectivity index is -0.000000711. The standard InChI is InChI=1S/C29H41NO4S2.C19H25NO2S2.C11H12N2O2S.C10H12N2OS.C8H8N2S.C2H3N.C2H6O.CH2Cl2.CH4O.CH4.6H2/c1-22-11-13-24(8-7-18-33-28-9-3-5-16-31-28)26(20-22)35-36-27-21-23(2)12-14-25(27)30-15-19-34-29-10-4-6-17-32-29;1-14-5-7-16(4-3-10-21)18(12-14)23-24-19-13-15(2)6-8-17(19)20-9-11-22;1-7-3-4-8-9(5-7)16-11(12)13(8)6-10(14)15-2;1-7-2-3-8-9(6-7)14-10(11)12(8)4-5-13;1-5-2-3-6-7(4-5)11-8(9)10-6;2*1-2-3;2-1-3;1-2;;;;;;;/h11-14,20-21,28-30H,3-10,15-19H2,1-2H3;5-8,12-13,20-22H,3-4,9-11H2,1-2H3;3-5,12H,6H2,1-2H3;2-3,6,11,13H,4-5H2,1H3;2-4H,1H3,(H2,9,10);1H3;3H,2H2,1H3;1H2;2H,1H3;1H4;6*1H/p+2/i;;;;;;;;;;4*1+2T;2*1+2. The summed E-state index contributed by atoms with van der Waals surface area (Å²) in [4.78, 5) is 20.4. The fourth-order valence-electron chi connectivity index (χ4n) is 10.9. The van der Waals surface area contributed by atoms with Crippen molar-refractivity contribution in [1.29, 1.82) is 5.26 Å². The van der Waals surface area contributed by atoms with E-state index in [0.29, 0.717) is 30.0 Å². The Labute approximate surface area is 723 Å². The van der Waals surface area contributed by atoms with Crippen molar-refractivity contribution in [3.05, 3.63) is 177 Å². The molecule has 0 saturated carbocycles. The van der Waals surface area contributed by atoms with E-state index in [1.807, 2.05) is 63.4 Å². The molecule has 2 aliphatic rings. The van der Waals surface area contributed by atoms with Gasteiger partial charge in [-0.3, -0.25) is 11.5 Å². The average Bonchev–Trinajstić information content (AvgIpc) is 1.65. The van der Waals surface area contributed by atoms with Crippen molar-refractivity contribution in [2.45, 2.75) is 179 Å². The number of hydrogen-bond donors (Lipinski definition) is 10. The number of alkyl halides is 2. The van der Waals surface area contributed by atoms with Crippen molar-refractivity contribution >= 4 is 164 Å². The van der Waals surface area contributed by atoms with Gasteiger partial charge >= 0.3 is 16.2 Å². The predicted molar refractivity (Wildman–Crippen MR) is 493 cm³/mol. The van der Waals surface area contributed by atoms with E-state index in [2.05, 4.69) is 159 Å². The Morgan fingerprint density at radius 1 is 0.593 bits per heavy atom. The van der Waals surface area contributed by atoms with Crippen LogP contribution in [-0.2, 0) is 54.4 Å². The van der Waals surface area contributed by atoms with Crippen LogP contribution in [0, 0.1) is 59.8 Å². The van der Waals surface area contributed by atoms with Crippen molar-refractivity contribution in [2.24, 2.45) is 0 Å². The number of thiazole rings is 3. The molecule has 13 N–H and O–H groups in total. The normalized spacial score (nSPS) is 13.4. The molecule has 2 unspecified atom stereocenters. The van der Waals surface area contributed by atoms with Crippen LogP contribution in [0.4, 0.5) is 26.8 Å². The first kappa shape index (κ1) is 93.9. The van der Waals surface area contributed by atoms with Gasteiger partial charge < -0.3 is 65.6 Å². The summed E-state index contributed by atoms with van der Waals surface area (Å²) in [7, 11) is 9.53. The average molecular weight is 1760 g/mol. The highest BCUT2D eigenvalue weighted by Gasteiger charge is 2.20.